The maximum absolute atomic E-state index is 3.55. The Balaban J connectivity index is 2.43. The molecule has 0 fully saturated rings. The third-order valence-electron chi connectivity index (χ3n) is 2.37. The second-order valence-corrected chi connectivity index (χ2v) is 4.04. The fraction of sp³-hybridized carbons (Fsp3) is 0.800. The second kappa shape index (κ2) is 3.29. The molecule has 64 valence electrons. The van der Waals surface area contributed by atoms with Gasteiger partial charge in [0.15, 0.2) is 0 Å². The van der Waals surface area contributed by atoms with E-state index in [9.17, 15) is 0 Å². The van der Waals surface area contributed by atoms with Crippen molar-refractivity contribution in [1.29, 1.82) is 0 Å². The van der Waals surface area contributed by atoms with Crippen LogP contribution in [0.15, 0.2) is 11.8 Å². The second-order valence-electron chi connectivity index (χ2n) is 4.04. The van der Waals surface area contributed by atoms with Gasteiger partial charge in [0.05, 0.1) is 0 Å². The molecule has 1 unspecified atom stereocenters. The van der Waals surface area contributed by atoms with Crippen molar-refractivity contribution in [2.45, 2.75) is 40.2 Å². The molecule has 1 aliphatic heterocycles. The molecular weight excluding hydrogens is 134 g/mol. The van der Waals surface area contributed by atoms with Crippen molar-refractivity contribution >= 4 is 0 Å². The van der Waals surface area contributed by atoms with Crippen LogP contribution in [0.1, 0.15) is 34.1 Å². The summed E-state index contributed by atoms with van der Waals surface area (Å²) in [5.74, 6) is 1.42. The van der Waals surface area contributed by atoms with E-state index in [0.29, 0.717) is 12.0 Å². The van der Waals surface area contributed by atoms with Crippen molar-refractivity contribution in [1.82, 2.24) is 5.32 Å². The van der Waals surface area contributed by atoms with Crippen LogP contribution < -0.4 is 5.32 Å². The van der Waals surface area contributed by atoms with Crippen LogP contribution in [0, 0.1) is 11.8 Å². The van der Waals surface area contributed by atoms with Crippen molar-refractivity contribution < 1.29 is 0 Å². The normalized spacial score (nSPS) is 24.2. The smallest absolute Gasteiger partial charge is 0.0316 e. The summed E-state index contributed by atoms with van der Waals surface area (Å²) in [5.41, 5.74) is 1.43. The van der Waals surface area contributed by atoms with E-state index in [1.807, 2.05) is 0 Å². The lowest BCUT2D eigenvalue weighted by atomic mass is 10.0. The standard InChI is InChI=1S/C10H19N/c1-7(2)9-5-6-10(11-9)8(3)4/h5,7-8,10-11H,6H2,1-4H3. The van der Waals surface area contributed by atoms with Gasteiger partial charge < -0.3 is 5.32 Å². The van der Waals surface area contributed by atoms with Crippen LogP contribution in [0.3, 0.4) is 0 Å². The molecule has 1 nitrogen and oxygen atoms in total. The zero-order chi connectivity index (χ0) is 8.43. The Kier molecular flexibility index (Phi) is 2.58. The summed E-state index contributed by atoms with van der Waals surface area (Å²) in [6, 6.07) is 0.687. The van der Waals surface area contributed by atoms with E-state index in [4.69, 9.17) is 0 Å². The van der Waals surface area contributed by atoms with Gasteiger partial charge in [0.2, 0.25) is 0 Å². The van der Waals surface area contributed by atoms with Gasteiger partial charge in [-0.2, -0.15) is 0 Å². The Morgan fingerprint density at radius 1 is 1.36 bits per heavy atom. The Morgan fingerprint density at radius 3 is 2.27 bits per heavy atom. The van der Waals surface area contributed by atoms with E-state index >= 15 is 0 Å². The van der Waals surface area contributed by atoms with E-state index in [1.165, 1.54) is 12.1 Å². The third-order valence-corrected chi connectivity index (χ3v) is 2.37. The first kappa shape index (κ1) is 8.63. The zero-order valence-electron chi connectivity index (χ0n) is 8.02. The minimum Gasteiger partial charge on any atom is -0.385 e. The van der Waals surface area contributed by atoms with E-state index in [1.54, 1.807) is 0 Å². The molecular formula is C10H19N. The molecule has 1 aliphatic rings. The molecule has 0 amide bonds. The van der Waals surface area contributed by atoms with Crippen LogP contribution in [0.2, 0.25) is 0 Å². The molecule has 1 N–H and O–H groups in total. The highest BCUT2D eigenvalue weighted by molar-refractivity contribution is 5.11. The molecule has 0 spiro atoms. The maximum Gasteiger partial charge on any atom is 0.0316 e. The molecule has 11 heavy (non-hydrogen) atoms. The molecule has 0 aliphatic carbocycles. The summed E-state index contributed by atoms with van der Waals surface area (Å²) in [6.45, 7) is 9.02. The Morgan fingerprint density at radius 2 is 2.00 bits per heavy atom. The van der Waals surface area contributed by atoms with Gasteiger partial charge in [0.25, 0.3) is 0 Å². The van der Waals surface area contributed by atoms with Crippen molar-refractivity contribution in [3.8, 4) is 0 Å². The first-order chi connectivity index (χ1) is 5.11. The summed E-state index contributed by atoms with van der Waals surface area (Å²) in [4.78, 5) is 0. The summed E-state index contributed by atoms with van der Waals surface area (Å²) in [6.07, 6.45) is 3.56. The Bertz CT molecular complexity index is 156. The first-order valence-corrected chi connectivity index (χ1v) is 4.58. The summed E-state index contributed by atoms with van der Waals surface area (Å²) >= 11 is 0. The minimum absolute atomic E-state index is 0.666. The molecule has 0 aromatic heterocycles. The lowest BCUT2D eigenvalue weighted by molar-refractivity contribution is 0.445. The first-order valence-electron chi connectivity index (χ1n) is 4.58. The number of nitrogens with one attached hydrogen (secondary N) is 1. The Labute approximate surface area is 69.9 Å². The lowest BCUT2D eigenvalue weighted by Gasteiger charge is -2.18. The van der Waals surface area contributed by atoms with E-state index < -0.39 is 0 Å². The van der Waals surface area contributed by atoms with E-state index in [-0.39, 0.29) is 0 Å². The summed E-state index contributed by atoms with van der Waals surface area (Å²) in [5, 5.41) is 3.55. The van der Waals surface area contributed by atoms with Gasteiger partial charge in [0.1, 0.15) is 0 Å². The van der Waals surface area contributed by atoms with Gasteiger partial charge in [-0.05, 0) is 18.3 Å². The van der Waals surface area contributed by atoms with Crippen LogP contribution in [0.25, 0.3) is 0 Å². The van der Waals surface area contributed by atoms with E-state index in [0.717, 1.165) is 5.92 Å². The maximum atomic E-state index is 3.55. The molecule has 0 saturated heterocycles. The molecule has 1 atom stereocenters. The lowest BCUT2D eigenvalue weighted by Crippen LogP contribution is -2.29. The van der Waals surface area contributed by atoms with Gasteiger partial charge in [0, 0.05) is 11.7 Å². The number of hydrogen-bond donors (Lipinski definition) is 1. The Hall–Kier alpha value is -0.460. The zero-order valence-corrected chi connectivity index (χ0v) is 8.02. The number of hydrogen-bond acceptors (Lipinski definition) is 1. The highest BCUT2D eigenvalue weighted by atomic mass is 15.0. The summed E-state index contributed by atoms with van der Waals surface area (Å²) in [7, 11) is 0. The van der Waals surface area contributed by atoms with Crippen LogP contribution in [0.5, 0.6) is 0 Å². The number of allylic oxidation sites excluding steroid dienone is 1. The molecule has 0 saturated carbocycles. The quantitative estimate of drug-likeness (QED) is 0.643. The highest BCUT2D eigenvalue weighted by Gasteiger charge is 2.19. The average Bonchev–Trinajstić information content (AvgIpc) is 2.33. The van der Waals surface area contributed by atoms with Crippen molar-refractivity contribution in [2.75, 3.05) is 0 Å². The molecule has 1 rings (SSSR count). The van der Waals surface area contributed by atoms with Crippen LogP contribution >= 0.6 is 0 Å². The minimum atomic E-state index is 0.666. The molecule has 1 heterocycles. The largest absolute Gasteiger partial charge is 0.385 e. The van der Waals surface area contributed by atoms with Crippen molar-refractivity contribution in [2.24, 2.45) is 11.8 Å². The molecule has 1 heteroatoms. The number of rotatable bonds is 2. The summed E-state index contributed by atoms with van der Waals surface area (Å²) < 4.78 is 0. The average molecular weight is 153 g/mol. The van der Waals surface area contributed by atoms with Gasteiger partial charge in [-0.3, -0.25) is 0 Å². The SMILES string of the molecule is CC(C)C1=CCC(C(C)C)N1. The highest BCUT2D eigenvalue weighted by Crippen LogP contribution is 2.20. The fourth-order valence-corrected chi connectivity index (χ4v) is 1.43. The van der Waals surface area contributed by atoms with Gasteiger partial charge >= 0.3 is 0 Å². The molecule has 0 bridgehead atoms. The van der Waals surface area contributed by atoms with Gasteiger partial charge in [-0.15, -0.1) is 0 Å². The van der Waals surface area contributed by atoms with Gasteiger partial charge in [-0.25, -0.2) is 0 Å². The van der Waals surface area contributed by atoms with E-state index in [2.05, 4.69) is 39.1 Å². The van der Waals surface area contributed by atoms with Gasteiger partial charge in [-0.1, -0.05) is 33.8 Å². The molecule has 0 aromatic rings. The van der Waals surface area contributed by atoms with Crippen LogP contribution in [-0.4, -0.2) is 6.04 Å². The molecule has 0 radical (unpaired) electrons. The third kappa shape index (κ3) is 1.98. The predicted molar refractivity (Wildman–Crippen MR) is 49.3 cm³/mol. The van der Waals surface area contributed by atoms with Crippen LogP contribution in [0.4, 0.5) is 0 Å². The molecule has 0 aromatic carbocycles. The van der Waals surface area contributed by atoms with Crippen LogP contribution in [-0.2, 0) is 0 Å². The monoisotopic (exact) mass is 153 g/mol. The van der Waals surface area contributed by atoms with Crippen molar-refractivity contribution in [3.63, 3.8) is 0 Å². The topological polar surface area (TPSA) is 12.0 Å². The predicted octanol–water partition coefficient (Wildman–Crippen LogP) is 2.54. The fourth-order valence-electron chi connectivity index (χ4n) is 1.43. The van der Waals surface area contributed by atoms with Crippen molar-refractivity contribution in [3.05, 3.63) is 11.8 Å².